The Morgan fingerprint density at radius 2 is 1.44 bits per heavy atom. The van der Waals surface area contributed by atoms with Crippen molar-refractivity contribution in [3.8, 4) is 0 Å². The Hall–Kier alpha value is -1.18. The highest BCUT2D eigenvalue weighted by Crippen LogP contribution is 2.42. The Bertz CT molecular complexity index is 590. The molecular weight excluding hydrogens is 338 g/mol. The van der Waals surface area contributed by atoms with Crippen molar-refractivity contribution in [2.45, 2.75) is 84.0 Å². The SMILES string of the molecule is CCCC1CCC(C2CCC(C/C=C\Cc3ccc(F)c(F)c3)CC2)CC1. The van der Waals surface area contributed by atoms with Crippen LogP contribution in [0.4, 0.5) is 8.78 Å². The van der Waals surface area contributed by atoms with Gasteiger partial charge in [-0.15, -0.1) is 0 Å². The van der Waals surface area contributed by atoms with Crippen LogP contribution in [0.1, 0.15) is 83.1 Å². The van der Waals surface area contributed by atoms with E-state index in [-0.39, 0.29) is 0 Å². The minimum absolute atomic E-state index is 0.688. The van der Waals surface area contributed by atoms with Gasteiger partial charge in [0.1, 0.15) is 0 Å². The predicted molar refractivity (Wildman–Crippen MR) is 110 cm³/mol. The Kier molecular flexibility index (Phi) is 7.91. The first kappa shape index (κ1) is 20.6. The van der Waals surface area contributed by atoms with Gasteiger partial charge in [0, 0.05) is 0 Å². The molecule has 1 aromatic rings. The van der Waals surface area contributed by atoms with Crippen molar-refractivity contribution >= 4 is 0 Å². The third-order valence-corrected chi connectivity index (χ3v) is 7.12. The summed E-state index contributed by atoms with van der Waals surface area (Å²) in [5.41, 5.74) is 0.840. The molecule has 0 radical (unpaired) electrons. The molecule has 0 unspecified atom stereocenters. The number of rotatable bonds is 7. The molecule has 0 spiro atoms. The van der Waals surface area contributed by atoms with Crippen molar-refractivity contribution < 1.29 is 8.78 Å². The van der Waals surface area contributed by atoms with Gasteiger partial charge in [0.15, 0.2) is 11.6 Å². The van der Waals surface area contributed by atoms with E-state index in [1.165, 1.54) is 76.3 Å². The van der Waals surface area contributed by atoms with E-state index in [2.05, 4.69) is 19.1 Å². The summed E-state index contributed by atoms with van der Waals surface area (Å²) in [5, 5.41) is 0. The molecule has 2 fully saturated rings. The number of benzene rings is 1. The summed E-state index contributed by atoms with van der Waals surface area (Å²) in [4.78, 5) is 0. The highest BCUT2D eigenvalue weighted by Gasteiger charge is 2.30. The van der Waals surface area contributed by atoms with Gasteiger partial charge < -0.3 is 0 Å². The van der Waals surface area contributed by atoms with Gasteiger partial charge in [0.25, 0.3) is 0 Å². The summed E-state index contributed by atoms with van der Waals surface area (Å²) in [7, 11) is 0. The Balaban J connectivity index is 1.34. The zero-order valence-corrected chi connectivity index (χ0v) is 16.9. The average molecular weight is 375 g/mol. The lowest BCUT2D eigenvalue weighted by Gasteiger charge is -2.37. The highest BCUT2D eigenvalue weighted by molar-refractivity contribution is 5.20. The second kappa shape index (κ2) is 10.4. The maximum Gasteiger partial charge on any atom is 0.159 e. The van der Waals surface area contributed by atoms with Gasteiger partial charge in [0.05, 0.1) is 0 Å². The molecule has 1 aromatic carbocycles. The number of allylic oxidation sites excluding steroid dienone is 2. The van der Waals surface area contributed by atoms with Crippen molar-refractivity contribution in [3.63, 3.8) is 0 Å². The molecule has 0 nitrogen and oxygen atoms in total. The Labute approximate surface area is 164 Å². The van der Waals surface area contributed by atoms with Crippen molar-refractivity contribution in [2.24, 2.45) is 23.7 Å². The van der Waals surface area contributed by atoms with Crippen LogP contribution < -0.4 is 0 Å². The molecule has 0 atom stereocenters. The van der Waals surface area contributed by atoms with Gasteiger partial charge >= 0.3 is 0 Å². The van der Waals surface area contributed by atoms with Crippen LogP contribution in [0.3, 0.4) is 0 Å². The zero-order chi connectivity index (χ0) is 19.1. The monoisotopic (exact) mass is 374 g/mol. The van der Waals surface area contributed by atoms with Gasteiger partial charge in [-0.2, -0.15) is 0 Å². The third kappa shape index (κ3) is 6.16. The topological polar surface area (TPSA) is 0 Å². The van der Waals surface area contributed by atoms with Gasteiger partial charge in [-0.25, -0.2) is 8.78 Å². The lowest BCUT2D eigenvalue weighted by atomic mass is 9.68. The molecule has 0 amide bonds. The number of hydrogen-bond donors (Lipinski definition) is 0. The standard InChI is InChI=1S/C25H36F2/c1-2-5-19-8-13-22(14-9-19)23-15-10-20(11-16-23)6-3-4-7-21-12-17-24(26)25(27)18-21/h3-4,12,17-20,22-23H,2,5-11,13-16H2,1H3/b4-3-. The molecule has 2 saturated carbocycles. The molecule has 0 N–H and O–H groups in total. The summed E-state index contributed by atoms with van der Waals surface area (Å²) >= 11 is 0. The van der Waals surface area contributed by atoms with E-state index >= 15 is 0 Å². The lowest BCUT2D eigenvalue weighted by Crippen LogP contribution is -2.25. The van der Waals surface area contributed by atoms with E-state index in [0.717, 1.165) is 35.7 Å². The van der Waals surface area contributed by atoms with Gasteiger partial charge in [-0.3, -0.25) is 0 Å². The van der Waals surface area contributed by atoms with Crippen molar-refractivity contribution in [3.05, 3.63) is 47.5 Å². The molecule has 2 aliphatic carbocycles. The molecule has 3 rings (SSSR count). The van der Waals surface area contributed by atoms with E-state index in [1.807, 2.05) is 0 Å². The van der Waals surface area contributed by atoms with Crippen LogP contribution in [-0.2, 0) is 6.42 Å². The van der Waals surface area contributed by atoms with Crippen LogP contribution in [-0.4, -0.2) is 0 Å². The normalized spacial score (nSPS) is 29.3. The van der Waals surface area contributed by atoms with Crippen LogP contribution in [0.25, 0.3) is 0 Å². The maximum atomic E-state index is 13.2. The molecule has 2 aliphatic rings. The van der Waals surface area contributed by atoms with E-state index in [1.54, 1.807) is 6.07 Å². The third-order valence-electron chi connectivity index (χ3n) is 7.12. The van der Waals surface area contributed by atoms with Crippen LogP contribution in [0.2, 0.25) is 0 Å². The van der Waals surface area contributed by atoms with E-state index < -0.39 is 11.6 Å². The highest BCUT2D eigenvalue weighted by atomic mass is 19.2. The molecule has 27 heavy (non-hydrogen) atoms. The largest absolute Gasteiger partial charge is 0.204 e. The zero-order valence-electron chi connectivity index (χ0n) is 16.9. The second-order valence-electron chi connectivity index (χ2n) is 9.01. The van der Waals surface area contributed by atoms with E-state index in [9.17, 15) is 8.78 Å². The van der Waals surface area contributed by atoms with Gasteiger partial charge in [-0.05, 0) is 92.7 Å². The quantitative estimate of drug-likeness (QED) is 0.426. The number of hydrogen-bond acceptors (Lipinski definition) is 0. The molecule has 0 heterocycles. The summed E-state index contributed by atoms with van der Waals surface area (Å²) in [6.07, 6.45) is 20.5. The molecule has 150 valence electrons. The molecule has 2 heteroatoms. The summed E-state index contributed by atoms with van der Waals surface area (Å²) in [5.74, 6) is 2.31. The first-order valence-corrected chi connectivity index (χ1v) is 11.2. The predicted octanol–water partition coefficient (Wildman–Crippen LogP) is 7.87. The van der Waals surface area contributed by atoms with E-state index in [4.69, 9.17) is 0 Å². The first-order valence-electron chi connectivity index (χ1n) is 11.2. The molecule has 0 bridgehead atoms. The average Bonchev–Trinajstić information content (AvgIpc) is 2.69. The Morgan fingerprint density at radius 1 is 0.815 bits per heavy atom. The van der Waals surface area contributed by atoms with Crippen molar-refractivity contribution in [2.75, 3.05) is 0 Å². The molecule has 0 aromatic heterocycles. The summed E-state index contributed by atoms with van der Waals surface area (Å²) < 4.78 is 26.2. The molecule has 0 saturated heterocycles. The van der Waals surface area contributed by atoms with Gasteiger partial charge in [-0.1, -0.05) is 50.8 Å². The number of halogens is 2. The van der Waals surface area contributed by atoms with Crippen LogP contribution in [0.15, 0.2) is 30.4 Å². The lowest BCUT2D eigenvalue weighted by molar-refractivity contribution is 0.144. The molecule has 0 aliphatic heterocycles. The van der Waals surface area contributed by atoms with E-state index in [0.29, 0.717) is 6.42 Å². The van der Waals surface area contributed by atoms with Crippen molar-refractivity contribution in [1.82, 2.24) is 0 Å². The first-order chi connectivity index (χ1) is 13.2. The van der Waals surface area contributed by atoms with Crippen LogP contribution in [0.5, 0.6) is 0 Å². The summed E-state index contributed by atoms with van der Waals surface area (Å²) in [6.45, 7) is 2.32. The Morgan fingerprint density at radius 3 is 2.04 bits per heavy atom. The maximum absolute atomic E-state index is 13.2. The second-order valence-corrected chi connectivity index (χ2v) is 9.01. The fourth-order valence-corrected chi connectivity index (χ4v) is 5.43. The van der Waals surface area contributed by atoms with Crippen LogP contribution in [0, 0.1) is 35.3 Å². The van der Waals surface area contributed by atoms with Crippen molar-refractivity contribution in [1.29, 1.82) is 0 Å². The fourth-order valence-electron chi connectivity index (χ4n) is 5.43. The van der Waals surface area contributed by atoms with Gasteiger partial charge in [0.2, 0.25) is 0 Å². The minimum Gasteiger partial charge on any atom is -0.204 e. The summed E-state index contributed by atoms with van der Waals surface area (Å²) in [6, 6.07) is 4.19. The fraction of sp³-hybridized carbons (Fsp3) is 0.680. The minimum atomic E-state index is -0.765. The smallest absolute Gasteiger partial charge is 0.159 e. The van der Waals surface area contributed by atoms with Crippen LogP contribution >= 0.6 is 0 Å². The molecular formula is C25H36F2.